The Labute approximate surface area is 361 Å². The quantitative estimate of drug-likeness (QED) is 0.0454. The molecule has 326 valence electrons. The Morgan fingerprint density at radius 3 is 2.68 bits per heavy atom. The van der Waals surface area contributed by atoms with Gasteiger partial charge in [0.25, 0.3) is 12.3 Å². The van der Waals surface area contributed by atoms with E-state index in [4.69, 9.17) is 13.9 Å². The van der Waals surface area contributed by atoms with Crippen molar-refractivity contribution in [3.63, 3.8) is 0 Å². The van der Waals surface area contributed by atoms with Gasteiger partial charge in [-0.3, -0.25) is 24.6 Å². The summed E-state index contributed by atoms with van der Waals surface area (Å²) in [5.74, 6) is 6.28. The van der Waals surface area contributed by atoms with Gasteiger partial charge < -0.3 is 24.5 Å². The Balaban J connectivity index is 0.738. The summed E-state index contributed by atoms with van der Waals surface area (Å²) in [6, 6.07) is 17.7. The van der Waals surface area contributed by atoms with Crippen LogP contribution in [0.2, 0.25) is 0 Å². The number of carbonyl (C=O) groups is 4. The third-order valence-corrected chi connectivity index (χ3v) is 11.0. The van der Waals surface area contributed by atoms with E-state index in [0.717, 1.165) is 48.9 Å². The molecular formula is C46H46F2N8O7. The third-order valence-electron chi connectivity index (χ3n) is 11.0. The highest BCUT2D eigenvalue weighted by Gasteiger charge is 2.42. The van der Waals surface area contributed by atoms with Crippen LogP contribution < -0.4 is 16.0 Å². The Hall–Kier alpha value is -6.93. The van der Waals surface area contributed by atoms with Crippen molar-refractivity contribution in [2.45, 2.75) is 76.4 Å². The number of alkyl halides is 2. The molecule has 3 N–H and O–H groups in total. The largest absolute Gasteiger partial charge is 0.444 e. The topological polar surface area (TPSA) is 183 Å². The van der Waals surface area contributed by atoms with E-state index in [1.54, 1.807) is 30.5 Å². The zero-order valence-corrected chi connectivity index (χ0v) is 34.4. The molecule has 3 fully saturated rings. The molecule has 63 heavy (non-hydrogen) atoms. The number of oxazole rings is 1. The van der Waals surface area contributed by atoms with E-state index in [0.29, 0.717) is 42.6 Å². The average Bonchev–Trinajstić information content (AvgIpc) is 3.60. The van der Waals surface area contributed by atoms with Gasteiger partial charge in [-0.25, -0.2) is 28.2 Å². The lowest BCUT2D eigenvalue weighted by Crippen LogP contribution is -2.52. The number of amides is 4. The zero-order chi connectivity index (χ0) is 43.7. The average molecular weight is 861 g/mol. The summed E-state index contributed by atoms with van der Waals surface area (Å²) in [5.41, 5.74) is 3.08. The number of unbranched alkanes of at least 4 members (excludes halogenated alkanes) is 2. The monoisotopic (exact) mass is 860 g/mol. The number of piperidine rings is 1. The summed E-state index contributed by atoms with van der Waals surface area (Å²) in [4.78, 5) is 59.4. The van der Waals surface area contributed by atoms with E-state index >= 15 is 0 Å². The SMILES string of the molecule is O=C1CCC(N2C[C@H](c3cccc(C#CCCOCCCCCc4ccc(-n5cc(NC(=O)c6coc(-c7ccnc(NCC8CC8)c7)n6)c(C(F)F)n5)cc4)c3)OC2=O)C(=O)N1. The molecule has 2 aromatic carbocycles. The number of ether oxygens (including phenoxy) is 2. The maximum Gasteiger partial charge on any atom is 0.411 e. The van der Waals surface area contributed by atoms with E-state index in [1.807, 2.05) is 36.4 Å². The number of halogens is 2. The summed E-state index contributed by atoms with van der Waals surface area (Å²) < 4.78 is 46.3. The van der Waals surface area contributed by atoms with E-state index < -0.39 is 42.2 Å². The number of hydrogen-bond donors (Lipinski definition) is 3. The lowest BCUT2D eigenvalue weighted by molar-refractivity contribution is -0.136. The Bertz CT molecular complexity index is 2510. The molecule has 0 spiro atoms. The molecule has 2 saturated heterocycles. The van der Waals surface area contributed by atoms with Crippen molar-refractivity contribution < 1.29 is 41.8 Å². The van der Waals surface area contributed by atoms with Crippen molar-refractivity contribution in [3.05, 3.63) is 107 Å². The van der Waals surface area contributed by atoms with Gasteiger partial charge in [-0.2, -0.15) is 5.10 Å². The molecule has 3 aromatic heterocycles. The molecule has 1 aliphatic carbocycles. The van der Waals surface area contributed by atoms with Crippen LogP contribution in [0.1, 0.15) is 96.8 Å². The van der Waals surface area contributed by atoms with Crippen LogP contribution in [0.15, 0.2) is 83.7 Å². The van der Waals surface area contributed by atoms with Gasteiger partial charge in [0.1, 0.15) is 24.2 Å². The maximum atomic E-state index is 14.0. The number of pyridine rings is 1. The Morgan fingerprint density at radius 1 is 1.02 bits per heavy atom. The number of imide groups is 1. The second-order valence-corrected chi connectivity index (χ2v) is 15.7. The zero-order valence-electron chi connectivity index (χ0n) is 34.4. The Kier molecular flexibility index (Phi) is 13.5. The number of nitrogens with zero attached hydrogens (tertiary/aromatic N) is 5. The van der Waals surface area contributed by atoms with Crippen LogP contribution in [0, 0.1) is 17.8 Å². The van der Waals surface area contributed by atoms with Gasteiger partial charge in [0.05, 0.1) is 30.7 Å². The second kappa shape index (κ2) is 19.8. The molecule has 0 bridgehead atoms. The van der Waals surface area contributed by atoms with Crippen LogP contribution in [0.4, 0.5) is 25.1 Å². The van der Waals surface area contributed by atoms with Gasteiger partial charge >= 0.3 is 6.09 Å². The van der Waals surface area contributed by atoms with Crippen molar-refractivity contribution >= 4 is 35.3 Å². The standard InChI is InChI=1S/C46H46F2N8O7/c47-42(48)41-35(51-43(58)36-28-62-45(52-36)33-19-20-49-39(24-33)50-25-31-11-12-31)26-56(54-41)34-15-13-29(14-16-34)7-2-1-4-21-61-22-5-3-8-30-9-6-10-32(23-30)38-27-55(46(60)63-38)37-17-18-40(57)53-44(37)59/h6,9-10,13-16,19-20,23-24,26,28,31,37-38,42H,1-2,4-5,7,11-12,17-18,21-22,25,27H2,(H,49,50)(H,51,58)(H,53,57,59)/t37?,38-/m1/s1. The van der Waals surface area contributed by atoms with Crippen molar-refractivity contribution in [1.29, 1.82) is 0 Å². The smallest absolute Gasteiger partial charge is 0.411 e. The van der Waals surface area contributed by atoms with Crippen LogP contribution in [0.25, 0.3) is 17.1 Å². The van der Waals surface area contributed by atoms with E-state index in [2.05, 4.69) is 42.9 Å². The second-order valence-electron chi connectivity index (χ2n) is 15.7. The highest BCUT2D eigenvalue weighted by atomic mass is 19.3. The summed E-state index contributed by atoms with van der Waals surface area (Å²) in [6.45, 7) is 2.16. The number of aromatic nitrogens is 4. The first-order valence-electron chi connectivity index (χ1n) is 21.1. The molecule has 17 heteroatoms. The number of carbonyl (C=O) groups excluding carboxylic acids is 4. The van der Waals surface area contributed by atoms with Crippen LogP contribution in [-0.4, -0.2) is 80.8 Å². The van der Waals surface area contributed by atoms with Crippen LogP contribution in [0.3, 0.4) is 0 Å². The van der Waals surface area contributed by atoms with E-state index in [-0.39, 0.29) is 42.6 Å². The minimum absolute atomic E-state index is 0.0663. The fourth-order valence-electron chi connectivity index (χ4n) is 7.32. The van der Waals surface area contributed by atoms with E-state index in [9.17, 15) is 28.0 Å². The van der Waals surface area contributed by atoms with Gasteiger partial charge in [-0.1, -0.05) is 42.5 Å². The number of cyclic esters (lactones) is 1. The van der Waals surface area contributed by atoms with Gasteiger partial charge in [-0.15, -0.1) is 0 Å². The number of hydrogen-bond acceptors (Lipinski definition) is 11. The summed E-state index contributed by atoms with van der Waals surface area (Å²) in [7, 11) is 0. The van der Waals surface area contributed by atoms with Crippen molar-refractivity contribution in [2.75, 3.05) is 36.9 Å². The fourth-order valence-corrected chi connectivity index (χ4v) is 7.32. The van der Waals surface area contributed by atoms with Crippen LogP contribution in [-0.2, 0) is 25.5 Å². The molecule has 1 saturated carbocycles. The van der Waals surface area contributed by atoms with Crippen LogP contribution >= 0.6 is 0 Å². The van der Waals surface area contributed by atoms with Gasteiger partial charge in [0.2, 0.25) is 17.7 Å². The molecule has 4 amide bonds. The summed E-state index contributed by atoms with van der Waals surface area (Å²) in [5, 5.41) is 12.2. The number of anilines is 2. The van der Waals surface area contributed by atoms with Gasteiger partial charge in [0.15, 0.2) is 11.4 Å². The first-order valence-corrected chi connectivity index (χ1v) is 21.1. The molecule has 1 unspecified atom stereocenters. The predicted molar refractivity (Wildman–Crippen MR) is 226 cm³/mol. The lowest BCUT2D eigenvalue weighted by Gasteiger charge is -2.27. The van der Waals surface area contributed by atoms with Crippen molar-refractivity contribution in [1.82, 2.24) is 30.0 Å². The number of aryl methyl sites for hydroxylation is 1. The lowest BCUT2D eigenvalue weighted by atomic mass is 10.0. The predicted octanol–water partition coefficient (Wildman–Crippen LogP) is 7.40. The van der Waals surface area contributed by atoms with E-state index in [1.165, 1.54) is 34.9 Å². The number of nitrogens with one attached hydrogen (secondary N) is 3. The molecule has 5 heterocycles. The molecule has 8 rings (SSSR count). The summed E-state index contributed by atoms with van der Waals surface area (Å²) >= 11 is 0. The third kappa shape index (κ3) is 11.1. The highest BCUT2D eigenvalue weighted by molar-refractivity contribution is 6.03. The molecule has 15 nitrogen and oxygen atoms in total. The van der Waals surface area contributed by atoms with Gasteiger partial charge in [-0.05, 0) is 92.0 Å². The maximum absolute atomic E-state index is 14.0. The minimum Gasteiger partial charge on any atom is -0.444 e. The molecule has 0 radical (unpaired) electrons. The number of rotatable bonds is 18. The summed E-state index contributed by atoms with van der Waals surface area (Å²) in [6.07, 6.45) is 7.16. The molecule has 2 aliphatic heterocycles. The van der Waals surface area contributed by atoms with Gasteiger partial charge in [0, 0.05) is 43.3 Å². The fraction of sp³-hybridized carbons (Fsp3) is 0.370. The van der Waals surface area contributed by atoms with Crippen molar-refractivity contribution in [2.24, 2.45) is 5.92 Å². The van der Waals surface area contributed by atoms with Crippen LogP contribution in [0.5, 0.6) is 0 Å². The first kappa shape index (κ1) is 42.7. The molecule has 5 aromatic rings. The normalized spacial score (nSPS) is 17.3. The first-order chi connectivity index (χ1) is 30.7. The van der Waals surface area contributed by atoms with Crippen molar-refractivity contribution in [3.8, 4) is 29.0 Å². The molecule has 3 aliphatic rings. The molecular weight excluding hydrogens is 815 g/mol. The molecule has 2 atom stereocenters. The minimum atomic E-state index is -2.93. The Morgan fingerprint density at radius 2 is 1.87 bits per heavy atom. The number of benzene rings is 2. The highest BCUT2D eigenvalue weighted by Crippen LogP contribution is 2.32.